The number of ether oxygens (including phenoxy) is 1. The van der Waals surface area contributed by atoms with Gasteiger partial charge in [0.25, 0.3) is 5.91 Å². The van der Waals surface area contributed by atoms with Gasteiger partial charge in [0.1, 0.15) is 11.6 Å². The quantitative estimate of drug-likeness (QED) is 0.753. The highest BCUT2D eigenvalue weighted by Crippen LogP contribution is 2.25. The third kappa shape index (κ3) is 4.92. The van der Waals surface area contributed by atoms with E-state index in [1.165, 1.54) is 18.2 Å². The predicted octanol–water partition coefficient (Wildman–Crippen LogP) is 1.65. The Labute approximate surface area is 140 Å². The topological polar surface area (TPSA) is 78.9 Å². The molecular weight excluding hydrogens is 315 g/mol. The van der Waals surface area contributed by atoms with Crippen LogP contribution in [-0.2, 0) is 9.59 Å². The number of carboxylic acids is 1. The van der Waals surface area contributed by atoms with Gasteiger partial charge in [-0.1, -0.05) is 13.0 Å². The second-order valence-corrected chi connectivity index (χ2v) is 6.01. The number of rotatable bonds is 8. The number of nitrogens with zero attached hydrogens (tertiary/aromatic N) is 1. The average Bonchev–Trinajstić information content (AvgIpc) is 2.48. The monoisotopic (exact) mass is 338 g/mol. The Hall–Kier alpha value is -2.15. The first-order valence-electron chi connectivity index (χ1n) is 8.07. The second kappa shape index (κ2) is 8.10. The van der Waals surface area contributed by atoms with Crippen molar-refractivity contribution in [2.45, 2.75) is 44.9 Å². The molecule has 2 N–H and O–H groups in total. The molecule has 0 aromatic heterocycles. The van der Waals surface area contributed by atoms with Gasteiger partial charge in [-0.2, -0.15) is 0 Å². The molecule has 1 aliphatic carbocycles. The molecule has 1 fully saturated rings. The molecule has 1 aliphatic rings. The predicted molar refractivity (Wildman–Crippen MR) is 86.3 cm³/mol. The maximum Gasteiger partial charge on any atom is 0.317 e. The summed E-state index contributed by atoms with van der Waals surface area (Å²) in [6.45, 7) is 4.21. The van der Waals surface area contributed by atoms with Crippen molar-refractivity contribution in [1.29, 1.82) is 0 Å². The zero-order valence-corrected chi connectivity index (χ0v) is 13.9. The standard InChI is InChI=1S/C17H23FN2O4/c1-3-20(10-16(21)22)14-8-13(9-14)19-17(23)11(2)24-15-6-4-5-12(18)7-15/h4-7,11,13-14H,3,8-10H2,1-2H3,(H,19,23)(H,21,22). The molecule has 24 heavy (non-hydrogen) atoms. The Morgan fingerprint density at radius 3 is 2.75 bits per heavy atom. The third-order valence-electron chi connectivity index (χ3n) is 4.20. The lowest BCUT2D eigenvalue weighted by molar-refractivity contribution is -0.140. The molecule has 1 atom stereocenters. The molecule has 0 radical (unpaired) electrons. The van der Waals surface area contributed by atoms with Crippen molar-refractivity contribution in [1.82, 2.24) is 10.2 Å². The van der Waals surface area contributed by atoms with Crippen molar-refractivity contribution in [2.24, 2.45) is 0 Å². The van der Waals surface area contributed by atoms with E-state index in [1.54, 1.807) is 13.0 Å². The van der Waals surface area contributed by atoms with Gasteiger partial charge in [-0.05, 0) is 38.4 Å². The molecule has 0 aliphatic heterocycles. The lowest BCUT2D eigenvalue weighted by atomic mass is 9.85. The van der Waals surface area contributed by atoms with Crippen molar-refractivity contribution in [3.05, 3.63) is 30.1 Å². The summed E-state index contributed by atoms with van der Waals surface area (Å²) in [5.41, 5.74) is 0. The number of aliphatic carboxylic acids is 1. The molecule has 132 valence electrons. The number of hydrogen-bond acceptors (Lipinski definition) is 4. The van der Waals surface area contributed by atoms with Gasteiger partial charge in [0, 0.05) is 18.2 Å². The van der Waals surface area contributed by atoms with Gasteiger partial charge in [-0.25, -0.2) is 4.39 Å². The number of benzene rings is 1. The fourth-order valence-corrected chi connectivity index (χ4v) is 2.79. The van der Waals surface area contributed by atoms with Gasteiger partial charge in [0.2, 0.25) is 0 Å². The van der Waals surface area contributed by atoms with E-state index in [9.17, 15) is 14.0 Å². The average molecular weight is 338 g/mol. The van der Waals surface area contributed by atoms with E-state index in [4.69, 9.17) is 9.84 Å². The van der Waals surface area contributed by atoms with Crippen LogP contribution in [0, 0.1) is 5.82 Å². The van der Waals surface area contributed by atoms with Crippen LogP contribution in [0.1, 0.15) is 26.7 Å². The fourth-order valence-electron chi connectivity index (χ4n) is 2.79. The lowest BCUT2D eigenvalue weighted by Gasteiger charge is -2.42. The van der Waals surface area contributed by atoms with E-state index in [0.717, 1.165) is 12.8 Å². The molecule has 6 nitrogen and oxygen atoms in total. The van der Waals surface area contributed by atoms with Gasteiger partial charge < -0.3 is 15.2 Å². The Balaban J connectivity index is 1.76. The van der Waals surface area contributed by atoms with Gasteiger partial charge >= 0.3 is 5.97 Å². The van der Waals surface area contributed by atoms with Crippen LogP contribution in [0.25, 0.3) is 0 Å². The minimum Gasteiger partial charge on any atom is -0.481 e. The third-order valence-corrected chi connectivity index (χ3v) is 4.20. The first-order chi connectivity index (χ1) is 11.4. The molecule has 1 saturated carbocycles. The van der Waals surface area contributed by atoms with Crippen LogP contribution in [0.15, 0.2) is 24.3 Å². The van der Waals surface area contributed by atoms with E-state index in [-0.39, 0.29) is 24.5 Å². The van der Waals surface area contributed by atoms with Crippen LogP contribution in [0.3, 0.4) is 0 Å². The lowest BCUT2D eigenvalue weighted by Crippen LogP contribution is -2.56. The Morgan fingerprint density at radius 2 is 2.17 bits per heavy atom. The minimum atomic E-state index is -0.846. The van der Waals surface area contributed by atoms with Crippen LogP contribution in [0.2, 0.25) is 0 Å². The van der Waals surface area contributed by atoms with E-state index in [2.05, 4.69) is 5.32 Å². The van der Waals surface area contributed by atoms with Gasteiger partial charge in [0.05, 0.1) is 6.54 Å². The summed E-state index contributed by atoms with van der Waals surface area (Å²) < 4.78 is 18.5. The minimum absolute atomic E-state index is 0.0148. The molecule has 7 heteroatoms. The molecular formula is C17H23FN2O4. The van der Waals surface area contributed by atoms with E-state index < -0.39 is 17.9 Å². The first-order valence-corrected chi connectivity index (χ1v) is 8.07. The summed E-state index contributed by atoms with van der Waals surface area (Å²) in [4.78, 5) is 24.8. The van der Waals surface area contributed by atoms with Crippen LogP contribution >= 0.6 is 0 Å². The van der Waals surface area contributed by atoms with Crippen molar-refractivity contribution < 1.29 is 23.8 Å². The SMILES string of the molecule is CCN(CC(=O)O)C1CC(NC(=O)C(C)Oc2cccc(F)c2)C1. The maximum absolute atomic E-state index is 13.1. The van der Waals surface area contributed by atoms with Crippen LogP contribution in [0.5, 0.6) is 5.75 Å². The number of halogens is 1. The fraction of sp³-hybridized carbons (Fsp3) is 0.529. The second-order valence-electron chi connectivity index (χ2n) is 6.01. The van der Waals surface area contributed by atoms with Crippen molar-refractivity contribution in [3.63, 3.8) is 0 Å². The molecule has 1 unspecified atom stereocenters. The van der Waals surface area contributed by atoms with Gasteiger partial charge in [-0.15, -0.1) is 0 Å². The first kappa shape index (κ1) is 18.2. The van der Waals surface area contributed by atoms with Crippen molar-refractivity contribution in [3.8, 4) is 5.75 Å². The highest BCUT2D eigenvalue weighted by atomic mass is 19.1. The van der Waals surface area contributed by atoms with Gasteiger partial charge in [-0.3, -0.25) is 14.5 Å². The number of likely N-dealkylation sites (N-methyl/N-ethyl adjacent to an activating group) is 1. The molecule has 0 spiro atoms. The number of carbonyl (C=O) groups is 2. The smallest absolute Gasteiger partial charge is 0.317 e. The van der Waals surface area contributed by atoms with Crippen LogP contribution in [-0.4, -0.2) is 53.2 Å². The van der Waals surface area contributed by atoms with Crippen LogP contribution < -0.4 is 10.1 Å². The summed E-state index contributed by atoms with van der Waals surface area (Å²) in [7, 11) is 0. The zero-order valence-electron chi connectivity index (χ0n) is 13.9. The highest BCUT2D eigenvalue weighted by Gasteiger charge is 2.35. The molecule has 0 bridgehead atoms. The summed E-state index contributed by atoms with van der Waals surface area (Å²) in [5.74, 6) is -1.21. The largest absolute Gasteiger partial charge is 0.481 e. The Morgan fingerprint density at radius 1 is 1.46 bits per heavy atom. The molecule has 1 amide bonds. The normalized spacial score (nSPS) is 21.0. The number of hydrogen-bond donors (Lipinski definition) is 2. The maximum atomic E-state index is 13.1. The summed E-state index contributed by atoms with van der Waals surface area (Å²) >= 11 is 0. The molecule has 2 rings (SSSR count). The molecule has 0 saturated heterocycles. The Bertz CT molecular complexity index is 590. The number of amides is 1. The molecule has 1 aromatic carbocycles. The van der Waals surface area contributed by atoms with E-state index in [0.29, 0.717) is 12.3 Å². The summed E-state index contributed by atoms with van der Waals surface area (Å²) in [5, 5.41) is 11.8. The Kier molecular flexibility index (Phi) is 6.14. The van der Waals surface area contributed by atoms with Crippen molar-refractivity contribution in [2.75, 3.05) is 13.1 Å². The summed E-state index contributed by atoms with van der Waals surface area (Å²) in [6, 6.07) is 5.85. The molecule has 1 aromatic rings. The zero-order chi connectivity index (χ0) is 17.7. The summed E-state index contributed by atoms with van der Waals surface area (Å²) in [6.07, 6.45) is 0.714. The van der Waals surface area contributed by atoms with Crippen LogP contribution in [0.4, 0.5) is 4.39 Å². The number of carboxylic acid groups (broad SMARTS) is 1. The van der Waals surface area contributed by atoms with Gasteiger partial charge in [0.15, 0.2) is 6.10 Å². The van der Waals surface area contributed by atoms with E-state index in [1.807, 2.05) is 11.8 Å². The van der Waals surface area contributed by atoms with Crippen molar-refractivity contribution >= 4 is 11.9 Å². The molecule has 0 heterocycles. The number of nitrogens with one attached hydrogen (secondary N) is 1. The number of carbonyl (C=O) groups excluding carboxylic acids is 1. The highest BCUT2D eigenvalue weighted by molar-refractivity contribution is 5.81. The van der Waals surface area contributed by atoms with E-state index >= 15 is 0 Å².